The highest BCUT2D eigenvalue weighted by molar-refractivity contribution is 5.73. The van der Waals surface area contributed by atoms with Gasteiger partial charge in [0.05, 0.1) is 5.69 Å². The van der Waals surface area contributed by atoms with Crippen molar-refractivity contribution in [3.63, 3.8) is 0 Å². The summed E-state index contributed by atoms with van der Waals surface area (Å²) in [5.74, 6) is -0.350. The van der Waals surface area contributed by atoms with Crippen LogP contribution in [0.15, 0.2) is 60.7 Å². The van der Waals surface area contributed by atoms with Gasteiger partial charge in [-0.25, -0.2) is 0 Å². The SMILES string of the molecule is O=C(O)CN(Oc1ccccc1)c1ccccc1. The Morgan fingerprint density at radius 3 is 2.11 bits per heavy atom. The molecule has 92 valence electrons. The van der Waals surface area contributed by atoms with Gasteiger partial charge in [0.25, 0.3) is 0 Å². The fraction of sp³-hybridized carbons (Fsp3) is 0.0714. The van der Waals surface area contributed by atoms with Gasteiger partial charge in [-0.3, -0.25) is 4.79 Å². The number of carboxylic acids is 1. The summed E-state index contributed by atoms with van der Waals surface area (Å²) in [4.78, 5) is 16.4. The van der Waals surface area contributed by atoms with Crippen molar-refractivity contribution in [3.8, 4) is 5.75 Å². The van der Waals surface area contributed by atoms with E-state index in [1.165, 1.54) is 5.06 Å². The molecule has 2 aromatic carbocycles. The number of nitrogens with zero attached hydrogens (tertiary/aromatic N) is 1. The van der Waals surface area contributed by atoms with E-state index in [0.717, 1.165) is 0 Å². The van der Waals surface area contributed by atoms with Gasteiger partial charge in [-0.15, -0.1) is 0 Å². The molecule has 4 nitrogen and oxygen atoms in total. The molecule has 0 saturated carbocycles. The lowest BCUT2D eigenvalue weighted by atomic mass is 10.3. The van der Waals surface area contributed by atoms with E-state index in [4.69, 9.17) is 9.94 Å². The van der Waals surface area contributed by atoms with Gasteiger partial charge >= 0.3 is 5.97 Å². The van der Waals surface area contributed by atoms with Crippen LogP contribution < -0.4 is 9.90 Å². The average molecular weight is 243 g/mol. The number of rotatable bonds is 5. The van der Waals surface area contributed by atoms with Crippen molar-refractivity contribution < 1.29 is 14.7 Å². The van der Waals surface area contributed by atoms with Crippen molar-refractivity contribution in [1.29, 1.82) is 0 Å². The summed E-state index contributed by atoms with van der Waals surface area (Å²) < 4.78 is 0. The minimum absolute atomic E-state index is 0.223. The molecule has 0 unspecified atom stereocenters. The maximum atomic E-state index is 10.9. The molecule has 0 aliphatic rings. The number of hydrogen-bond acceptors (Lipinski definition) is 3. The molecule has 0 amide bonds. The van der Waals surface area contributed by atoms with Crippen LogP contribution in [0.25, 0.3) is 0 Å². The lowest BCUT2D eigenvalue weighted by Crippen LogP contribution is -2.32. The third kappa shape index (κ3) is 3.25. The first-order valence-electron chi connectivity index (χ1n) is 5.53. The number of carbonyl (C=O) groups is 1. The number of para-hydroxylation sites is 2. The molecule has 2 aromatic rings. The van der Waals surface area contributed by atoms with E-state index in [1.54, 1.807) is 24.3 Å². The second kappa shape index (κ2) is 5.72. The molecule has 0 spiro atoms. The Morgan fingerprint density at radius 1 is 1.00 bits per heavy atom. The van der Waals surface area contributed by atoms with Gasteiger partial charge in [0.2, 0.25) is 0 Å². The summed E-state index contributed by atoms with van der Waals surface area (Å²) in [5.41, 5.74) is 0.698. The molecule has 0 heterocycles. The Kier molecular flexibility index (Phi) is 3.81. The van der Waals surface area contributed by atoms with E-state index in [9.17, 15) is 4.79 Å². The van der Waals surface area contributed by atoms with Gasteiger partial charge in [-0.05, 0) is 24.3 Å². The van der Waals surface area contributed by atoms with E-state index in [2.05, 4.69) is 0 Å². The third-order valence-electron chi connectivity index (χ3n) is 2.28. The summed E-state index contributed by atoms with van der Waals surface area (Å²) in [5, 5.41) is 10.2. The Hall–Kier alpha value is -2.49. The van der Waals surface area contributed by atoms with Crippen LogP contribution in [-0.2, 0) is 4.79 Å². The number of anilines is 1. The number of aliphatic carboxylic acids is 1. The van der Waals surface area contributed by atoms with Gasteiger partial charge in [0, 0.05) is 0 Å². The summed E-state index contributed by atoms with van der Waals surface area (Å²) in [6.45, 7) is -0.223. The van der Waals surface area contributed by atoms with Crippen LogP contribution >= 0.6 is 0 Å². The highest BCUT2D eigenvalue weighted by Crippen LogP contribution is 2.17. The first-order chi connectivity index (χ1) is 8.75. The van der Waals surface area contributed by atoms with Gasteiger partial charge < -0.3 is 9.94 Å². The Labute approximate surface area is 105 Å². The number of benzene rings is 2. The molecule has 0 fully saturated rings. The van der Waals surface area contributed by atoms with Gasteiger partial charge in [0.15, 0.2) is 12.3 Å². The molecule has 1 N–H and O–H groups in total. The summed E-state index contributed by atoms with van der Waals surface area (Å²) in [7, 11) is 0. The van der Waals surface area contributed by atoms with Crippen LogP contribution in [0.4, 0.5) is 5.69 Å². The molecule has 0 atom stereocenters. The van der Waals surface area contributed by atoms with Crippen LogP contribution in [0.1, 0.15) is 0 Å². The predicted octanol–water partition coefficient (Wildman–Crippen LogP) is 2.57. The van der Waals surface area contributed by atoms with Crippen molar-refractivity contribution in [2.45, 2.75) is 0 Å². The quantitative estimate of drug-likeness (QED) is 0.820. The lowest BCUT2D eigenvalue weighted by Gasteiger charge is -2.22. The number of hydrogen-bond donors (Lipinski definition) is 1. The number of carboxylic acid groups (broad SMARTS) is 1. The molecule has 4 heteroatoms. The fourth-order valence-corrected chi connectivity index (χ4v) is 1.50. The van der Waals surface area contributed by atoms with E-state index in [-0.39, 0.29) is 6.54 Å². The van der Waals surface area contributed by atoms with Crippen molar-refractivity contribution in [1.82, 2.24) is 0 Å². The van der Waals surface area contributed by atoms with Crippen LogP contribution in [0.2, 0.25) is 0 Å². The van der Waals surface area contributed by atoms with E-state index >= 15 is 0 Å². The normalized spacial score (nSPS) is 9.78. The van der Waals surface area contributed by atoms with Gasteiger partial charge in [-0.1, -0.05) is 36.4 Å². The van der Waals surface area contributed by atoms with Crippen molar-refractivity contribution in [3.05, 3.63) is 60.7 Å². The Bertz CT molecular complexity index is 499. The van der Waals surface area contributed by atoms with E-state index in [1.807, 2.05) is 36.4 Å². The Morgan fingerprint density at radius 2 is 1.56 bits per heavy atom. The molecule has 2 rings (SSSR count). The van der Waals surface area contributed by atoms with Gasteiger partial charge in [0.1, 0.15) is 0 Å². The molecule has 0 bridgehead atoms. The maximum Gasteiger partial charge on any atom is 0.326 e. The van der Waals surface area contributed by atoms with Gasteiger partial charge in [-0.2, -0.15) is 5.06 Å². The second-order valence-corrected chi connectivity index (χ2v) is 3.67. The zero-order valence-electron chi connectivity index (χ0n) is 9.69. The molecule has 0 aliphatic carbocycles. The molecule has 18 heavy (non-hydrogen) atoms. The monoisotopic (exact) mass is 243 g/mol. The van der Waals surface area contributed by atoms with Crippen molar-refractivity contribution in [2.24, 2.45) is 0 Å². The first-order valence-corrected chi connectivity index (χ1v) is 5.53. The lowest BCUT2D eigenvalue weighted by molar-refractivity contribution is -0.136. The predicted molar refractivity (Wildman–Crippen MR) is 68.5 cm³/mol. The van der Waals surface area contributed by atoms with Crippen molar-refractivity contribution >= 4 is 11.7 Å². The average Bonchev–Trinajstić information content (AvgIpc) is 2.40. The summed E-state index contributed by atoms with van der Waals surface area (Å²) in [6.07, 6.45) is 0. The van der Waals surface area contributed by atoms with E-state index in [0.29, 0.717) is 11.4 Å². The molecule has 0 aromatic heterocycles. The molecular formula is C14H13NO3. The third-order valence-corrected chi connectivity index (χ3v) is 2.28. The summed E-state index contributed by atoms with van der Waals surface area (Å²) in [6, 6.07) is 18.2. The zero-order valence-corrected chi connectivity index (χ0v) is 9.69. The van der Waals surface area contributed by atoms with Crippen LogP contribution in [-0.4, -0.2) is 17.6 Å². The summed E-state index contributed by atoms with van der Waals surface area (Å²) >= 11 is 0. The largest absolute Gasteiger partial charge is 0.480 e. The van der Waals surface area contributed by atoms with Crippen LogP contribution in [0.3, 0.4) is 0 Å². The topological polar surface area (TPSA) is 49.8 Å². The minimum atomic E-state index is -0.949. The zero-order chi connectivity index (χ0) is 12.8. The molecule has 0 radical (unpaired) electrons. The first kappa shape index (κ1) is 12.0. The second-order valence-electron chi connectivity index (χ2n) is 3.67. The standard InChI is InChI=1S/C14H13NO3/c16-14(17)11-15(12-7-3-1-4-8-12)18-13-9-5-2-6-10-13/h1-10H,11H2,(H,16,17). The highest BCUT2D eigenvalue weighted by Gasteiger charge is 2.12. The smallest absolute Gasteiger partial charge is 0.326 e. The Balaban J connectivity index is 2.18. The van der Waals surface area contributed by atoms with Crippen molar-refractivity contribution in [2.75, 3.05) is 11.6 Å². The fourth-order valence-electron chi connectivity index (χ4n) is 1.50. The molecular weight excluding hydrogens is 230 g/mol. The molecule has 0 aliphatic heterocycles. The molecule has 0 saturated heterocycles. The number of hydroxylamine groups is 1. The minimum Gasteiger partial charge on any atom is -0.480 e. The van der Waals surface area contributed by atoms with Crippen LogP contribution in [0.5, 0.6) is 5.75 Å². The van der Waals surface area contributed by atoms with Crippen LogP contribution in [0, 0.1) is 0 Å². The maximum absolute atomic E-state index is 10.9. The highest BCUT2D eigenvalue weighted by atomic mass is 16.7. The van der Waals surface area contributed by atoms with E-state index < -0.39 is 5.97 Å².